The van der Waals surface area contributed by atoms with E-state index in [4.69, 9.17) is 4.98 Å². The highest BCUT2D eigenvalue weighted by Crippen LogP contribution is 2.35. The molecule has 0 amide bonds. The summed E-state index contributed by atoms with van der Waals surface area (Å²) in [6.45, 7) is 0. The molecule has 0 radical (unpaired) electrons. The van der Waals surface area contributed by atoms with Crippen molar-refractivity contribution < 1.29 is 0 Å². The van der Waals surface area contributed by atoms with E-state index in [0.29, 0.717) is 0 Å². The number of thiazole rings is 1. The molecule has 2 aromatic heterocycles. The van der Waals surface area contributed by atoms with Crippen molar-refractivity contribution in [2.24, 2.45) is 7.05 Å². The van der Waals surface area contributed by atoms with Crippen molar-refractivity contribution in [3.8, 4) is 10.6 Å². The summed E-state index contributed by atoms with van der Waals surface area (Å²) in [5, 5.41) is 4.16. The van der Waals surface area contributed by atoms with Gasteiger partial charge in [0.05, 0.1) is 15.7 Å². The van der Waals surface area contributed by atoms with Gasteiger partial charge >= 0.3 is 0 Å². The zero-order valence-corrected chi connectivity index (χ0v) is 14.4. The number of para-hydroxylation sites is 1. The highest BCUT2D eigenvalue weighted by atomic mass is 32.1. The van der Waals surface area contributed by atoms with Crippen LogP contribution < -0.4 is 5.56 Å². The lowest BCUT2D eigenvalue weighted by Gasteiger charge is -2.11. The number of nitrogens with zero attached hydrogens (tertiary/aromatic N) is 2. The van der Waals surface area contributed by atoms with Crippen LogP contribution in [0.2, 0.25) is 0 Å². The fraction of sp³-hybridized carbons (Fsp3) is 0.0476. The minimum Gasteiger partial charge on any atom is -0.311 e. The van der Waals surface area contributed by atoms with Gasteiger partial charge in [0, 0.05) is 29.4 Å². The van der Waals surface area contributed by atoms with Crippen molar-refractivity contribution >= 4 is 43.2 Å². The minimum absolute atomic E-state index is 0.0156. The highest BCUT2D eigenvalue weighted by Gasteiger charge is 2.14. The molecular formula is C21H14N2OS. The standard InChI is InChI=1S/C21H14N2OS/c1-23-19(24)12-16(21-22-17-8-4-5-9-18(17)25-21)15-11-10-13-6-2-3-7-14(13)20(15)23/h2-12H,1H3. The van der Waals surface area contributed by atoms with E-state index in [1.807, 2.05) is 37.4 Å². The van der Waals surface area contributed by atoms with E-state index in [9.17, 15) is 4.79 Å². The molecule has 5 rings (SSSR count). The second-order valence-electron chi connectivity index (χ2n) is 6.12. The molecular weight excluding hydrogens is 328 g/mol. The smallest absolute Gasteiger partial charge is 0.251 e. The van der Waals surface area contributed by atoms with Crippen LogP contribution in [0.3, 0.4) is 0 Å². The Labute approximate surface area is 147 Å². The molecule has 120 valence electrons. The lowest BCUT2D eigenvalue weighted by atomic mass is 10.0. The number of pyridine rings is 1. The summed E-state index contributed by atoms with van der Waals surface area (Å²) in [5.41, 5.74) is 2.82. The molecule has 2 heterocycles. The summed E-state index contributed by atoms with van der Waals surface area (Å²) in [7, 11) is 1.83. The molecule has 3 aromatic carbocycles. The zero-order chi connectivity index (χ0) is 17.0. The van der Waals surface area contributed by atoms with Crippen molar-refractivity contribution in [1.82, 2.24) is 9.55 Å². The van der Waals surface area contributed by atoms with Gasteiger partial charge in [-0.3, -0.25) is 4.79 Å². The molecule has 5 aromatic rings. The topological polar surface area (TPSA) is 34.9 Å². The second-order valence-corrected chi connectivity index (χ2v) is 7.16. The van der Waals surface area contributed by atoms with Gasteiger partial charge in [0.2, 0.25) is 0 Å². The summed E-state index contributed by atoms with van der Waals surface area (Å²) in [5.74, 6) is 0. The van der Waals surface area contributed by atoms with Crippen LogP contribution >= 0.6 is 11.3 Å². The first kappa shape index (κ1) is 14.4. The molecule has 0 spiro atoms. The molecule has 0 N–H and O–H groups in total. The number of aromatic nitrogens is 2. The largest absolute Gasteiger partial charge is 0.311 e. The van der Waals surface area contributed by atoms with Crippen molar-refractivity contribution in [1.29, 1.82) is 0 Å². The molecule has 0 aliphatic heterocycles. The van der Waals surface area contributed by atoms with Crippen LogP contribution in [0.5, 0.6) is 0 Å². The summed E-state index contributed by atoms with van der Waals surface area (Å²) in [4.78, 5) is 17.4. The molecule has 0 atom stereocenters. The monoisotopic (exact) mass is 342 g/mol. The van der Waals surface area contributed by atoms with Crippen LogP contribution in [0.1, 0.15) is 0 Å². The van der Waals surface area contributed by atoms with E-state index < -0.39 is 0 Å². The van der Waals surface area contributed by atoms with E-state index >= 15 is 0 Å². The van der Waals surface area contributed by atoms with Gasteiger partial charge in [-0.25, -0.2) is 4.98 Å². The van der Waals surface area contributed by atoms with Gasteiger partial charge in [-0.05, 0) is 17.5 Å². The number of aryl methyl sites for hydroxylation is 1. The molecule has 0 saturated heterocycles. The first-order chi connectivity index (χ1) is 12.2. The third kappa shape index (κ3) is 2.11. The SMILES string of the molecule is Cn1c(=O)cc(-c2nc3ccccc3s2)c2ccc3ccccc3c21. The van der Waals surface area contributed by atoms with Crippen molar-refractivity contribution in [3.05, 3.63) is 77.1 Å². The van der Waals surface area contributed by atoms with E-state index in [2.05, 4.69) is 30.3 Å². The van der Waals surface area contributed by atoms with Crippen molar-refractivity contribution in [2.45, 2.75) is 0 Å². The van der Waals surface area contributed by atoms with E-state index in [-0.39, 0.29) is 5.56 Å². The normalized spacial score (nSPS) is 11.6. The highest BCUT2D eigenvalue weighted by molar-refractivity contribution is 7.21. The number of hydrogen-bond acceptors (Lipinski definition) is 3. The lowest BCUT2D eigenvalue weighted by Crippen LogP contribution is -2.16. The van der Waals surface area contributed by atoms with Crippen LogP contribution in [0, 0.1) is 0 Å². The van der Waals surface area contributed by atoms with Crippen LogP contribution in [0.4, 0.5) is 0 Å². The first-order valence-corrected chi connectivity index (χ1v) is 8.91. The summed E-state index contributed by atoms with van der Waals surface area (Å²) >= 11 is 1.63. The van der Waals surface area contributed by atoms with Gasteiger partial charge in [0.1, 0.15) is 5.01 Å². The van der Waals surface area contributed by atoms with Gasteiger partial charge in [-0.1, -0.05) is 48.5 Å². The van der Waals surface area contributed by atoms with Gasteiger partial charge in [-0.15, -0.1) is 11.3 Å². The summed E-state index contributed by atoms with van der Waals surface area (Å²) < 4.78 is 2.86. The van der Waals surface area contributed by atoms with Crippen LogP contribution in [-0.4, -0.2) is 9.55 Å². The maximum Gasteiger partial charge on any atom is 0.251 e. The molecule has 0 aliphatic carbocycles. The molecule has 0 aliphatic rings. The first-order valence-electron chi connectivity index (χ1n) is 8.10. The van der Waals surface area contributed by atoms with Crippen LogP contribution in [0.15, 0.2) is 71.5 Å². The Hall–Kier alpha value is -2.98. The van der Waals surface area contributed by atoms with Crippen LogP contribution in [0.25, 0.3) is 42.5 Å². The Kier molecular flexibility index (Phi) is 3.02. The van der Waals surface area contributed by atoms with E-state index in [1.54, 1.807) is 22.0 Å². The maximum atomic E-state index is 12.6. The third-order valence-corrected chi connectivity index (χ3v) is 5.72. The second kappa shape index (κ2) is 5.26. The average molecular weight is 342 g/mol. The van der Waals surface area contributed by atoms with Crippen molar-refractivity contribution in [3.63, 3.8) is 0 Å². The van der Waals surface area contributed by atoms with Gasteiger partial charge in [0.15, 0.2) is 0 Å². The molecule has 0 bridgehead atoms. The molecule has 0 unspecified atom stereocenters. The Balaban J connectivity index is 1.94. The minimum atomic E-state index is -0.0156. The Morgan fingerprint density at radius 1 is 0.920 bits per heavy atom. The Morgan fingerprint density at radius 2 is 1.72 bits per heavy atom. The van der Waals surface area contributed by atoms with Crippen molar-refractivity contribution in [2.75, 3.05) is 0 Å². The van der Waals surface area contributed by atoms with E-state index in [0.717, 1.165) is 42.5 Å². The average Bonchev–Trinajstić information content (AvgIpc) is 3.08. The maximum absolute atomic E-state index is 12.6. The fourth-order valence-electron chi connectivity index (χ4n) is 3.41. The number of benzene rings is 3. The lowest BCUT2D eigenvalue weighted by molar-refractivity contribution is 0.910. The van der Waals surface area contributed by atoms with Gasteiger partial charge in [0.25, 0.3) is 5.56 Å². The zero-order valence-electron chi connectivity index (χ0n) is 13.6. The molecule has 4 heteroatoms. The third-order valence-electron chi connectivity index (χ3n) is 4.65. The Bertz CT molecular complexity index is 1300. The predicted molar refractivity (Wildman–Crippen MR) is 105 cm³/mol. The number of hydrogen-bond donors (Lipinski definition) is 0. The molecule has 25 heavy (non-hydrogen) atoms. The summed E-state index contributed by atoms with van der Waals surface area (Å²) in [6, 6.07) is 22.2. The number of fused-ring (bicyclic) bond motifs is 4. The molecule has 3 nitrogen and oxygen atoms in total. The molecule has 0 saturated carbocycles. The Morgan fingerprint density at radius 3 is 2.60 bits per heavy atom. The van der Waals surface area contributed by atoms with Gasteiger partial charge < -0.3 is 4.57 Å². The predicted octanol–water partition coefficient (Wildman–Crippen LogP) is 4.97. The quantitative estimate of drug-likeness (QED) is 0.403. The van der Waals surface area contributed by atoms with Crippen LogP contribution in [-0.2, 0) is 7.05 Å². The van der Waals surface area contributed by atoms with E-state index in [1.165, 1.54) is 0 Å². The summed E-state index contributed by atoms with van der Waals surface area (Å²) in [6.07, 6.45) is 0. The van der Waals surface area contributed by atoms with Gasteiger partial charge in [-0.2, -0.15) is 0 Å². The number of rotatable bonds is 1. The fourth-order valence-corrected chi connectivity index (χ4v) is 4.40. The molecule has 0 fully saturated rings.